The Labute approximate surface area is 88.5 Å². The van der Waals surface area contributed by atoms with Crippen LogP contribution in [0, 0.1) is 0 Å². The van der Waals surface area contributed by atoms with Crippen molar-refractivity contribution < 1.29 is 0 Å². The molecule has 2 N–H and O–H groups in total. The zero-order valence-electron chi connectivity index (χ0n) is 8.33. The number of thiazole rings is 1. The minimum Gasteiger partial charge on any atom is -0.330 e. The SMILES string of the molecule is NCCC1CCc2nc(C3CC3)sc21. The Balaban J connectivity index is 1.86. The number of rotatable bonds is 3. The van der Waals surface area contributed by atoms with Gasteiger partial charge in [-0.05, 0) is 44.6 Å². The molecule has 76 valence electrons. The highest BCUT2D eigenvalue weighted by Crippen LogP contribution is 2.47. The van der Waals surface area contributed by atoms with Gasteiger partial charge < -0.3 is 5.73 Å². The van der Waals surface area contributed by atoms with E-state index >= 15 is 0 Å². The third-order valence-electron chi connectivity index (χ3n) is 3.29. The molecular weight excluding hydrogens is 192 g/mol. The molecular formula is C11H16N2S. The van der Waals surface area contributed by atoms with E-state index in [1.165, 1.54) is 36.4 Å². The van der Waals surface area contributed by atoms with Gasteiger partial charge >= 0.3 is 0 Å². The van der Waals surface area contributed by atoms with Gasteiger partial charge in [-0.15, -0.1) is 11.3 Å². The number of hydrogen-bond donors (Lipinski definition) is 1. The maximum atomic E-state index is 5.63. The van der Waals surface area contributed by atoms with Crippen LogP contribution in [-0.2, 0) is 6.42 Å². The van der Waals surface area contributed by atoms with Crippen molar-refractivity contribution in [2.45, 2.75) is 43.9 Å². The van der Waals surface area contributed by atoms with Crippen molar-refractivity contribution >= 4 is 11.3 Å². The van der Waals surface area contributed by atoms with E-state index in [1.54, 1.807) is 4.88 Å². The van der Waals surface area contributed by atoms with E-state index in [4.69, 9.17) is 10.7 Å². The number of aryl methyl sites for hydroxylation is 1. The molecule has 1 heterocycles. The summed E-state index contributed by atoms with van der Waals surface area (Å²) in [6.07, 6.45) is 6.38. The molecule has 2 nitrogen and oxygen atoms in total. The first kappa shape index (κ1) is 8.86. The summed E-state index contributed by atoms with van der Waals surface area (Å²) in [6.45, 7) is 0.820. The largest absolute Gasteiger partial charge is 0.330 e. The maximum absolute atomic E-state index is 5.63. The highest BCUT2D eigenvalue weighted by molar-refractivity contribution is 7.12. The fourth-order valence-electron chi connectivity index (χ4n) is 2.30. The zero-order chi connectivity index (χ0) is 9.54. The Hall–Kier alpha value is -0.410. The third-order valence-corrected chi connectivity index (χ3v) is 4.71. The predicted molar refractivity (Wildman–Crippen MR) is 58.8 cm³/mol. The van der Waals surface area contributed by atoms with Gasteiger partial charge in [0.1, 0.15) is 0 Å². The smallest absolute Gasteiger partial charge is 0.0962 e. The summed E-state index contributed by atoms with van der Waals surface area (Å²) < 4.78 is 0. The van der Waals surface area contributed by atoms with Crippen LogP contribution >= 0.6 is 11.3 Å². The summed E-state index contributed by atoms with van der Waals surface area (Å²) in [5.74, 6) is 1.56. The van der Waals surface area contributed by atoms with Crippen LogP contribution in [0.5, 0.6) is 0 Å². The molecule has 1 fully saturated rings. The molecule has 0 aliphatic heterocycles. The predicted octanol–water partition coefficient (Wildman–Crippen LogP) is 2.40. The molecule has 1 atom stereocenters. The molecule has 0 amide bonds. The second kappa shape index (κ2) is 3.31. The molecule has 3 rings (SSSR count). The fraction of sp³-hybridized carbons (Fsp3) is 0.727. The first-order chi connectivity index (χ1) is 6.88. The summed E-state index contributed by atoms with van der Waals surface area (Å²) in [7, 11) is 0. The second-order valence-electron chi connectivity index (χ2n) is 4.45. The minimum atomic E-state index is 0.736. The quantitative estimate of drug-likeness (QED) is 0.828. The second-order valence-corrected chi connectivity index (χ2v) is 5.51. The fourth-order valence-corrected chi connectivity index (χ4v) is 3.76. The van der Waals surface area contributed by atoms with Crippen LogP contribution in [-0.4, -0.2) is 11.5 Å². The summed E-state index contributed by atoms with van der Waals surface area (Å²) >= 11 is 1.97. The molecule has 1 saturated carbocycles. The van der Waals surface area contributed by atoms with Crippen molar-refractivity contribution in [1.29, 1.82) is 0 Å². The lowest BCUT2D eigenvalue weighted by atomic mass is 10.1. The number of aromatic nitrogens is 1. The molecule has 14 heavy (non-hydrogen) atoms. The van der Waals surface area contributed by atoms with E-state index < -0.39 is 0 Å². The van der Waals surface area contributed by atoms with Crippen molar-refractivity contribution in [3.63, 3.8) is 0 Å². The summed E-state index contributed by atoms with van der Waals surface area (Å²) in [5, 5.41) is 1.41. The van der Waals surface area contributed by atoms with E-state index in [0.29, 0.717) is 0 Å². The van der Waals surface area contributed by atoms with Crippen LogP contribution in [0.2, 0.25) is 0 Å². The molecule has 1 unspecified atom stereocenters. The van der Waals surface area contributed by atoms with Gasteiger partial charge in [0, 0.05) is 10.8 Å². The summed E-state index contributed by atoms with van der Waals surface area (Å²) in [4.78, 5) is 6.33. The van der Waals surface area contributed by atoms with Crippen LogP contribution in [0.25, 0.3) is 0 Å². The van der Waals surface area contributed by atoms with Crippen molar-refractivity contribution in [2.24, 2.45) is 5.73 Å². The highest BCUT2D eigenvalue weighted by Gasteiger charge is 2.32. The molecule has 3 heteroatoms. The van der Waals surface area contributed by atoms with Gasteiger partial charge in [0.05, 0.1) is 10.7 Å². The van der Waals surface area contributed by atoms with E-state index in [1.807, 2.05) is 11.3 Å². The Bertz CT molecular complexity index is 341. The monoisotopic (exact) mass is 208 g/mol. The standard InChI is InChI=1S/C11H16N2S/c12-6-5-7-3-4-9-10(7)14-11(13-9)8-1-2-8/h7-8H,1-6,12H2. The third kappa shape index (κ3) is 1.39. The van der Waals surface area contributed by atoms with Crippen molar-refractivity contribution in [3.8, 4) is 0 Å². The number of nitrogens with zero attached hydrogens (tertiary/aromatic N) is 1. The van der Waals surface area contributed by atoms with E-state index in [9.17, 15) is 0 Å². The lowest BCUT2D eigenvalue weighted by Gasteiger charge is -2.05. The first-order valence-corrected chi connectivity index (χ1v) is 6.39. The number of nitrogens with two attached hydrogens (primary N) is 1. The van der Waals surface area contributed by atoms with Crippen LogP contribution in [0.15, 0.2) is 0 Å². The Kier molecular flexibility index (Phi) is 2.10. The Morgan fingerprint density at radius 1 is 1.36 bits per heavy atom. The summed E-state index contributed by atoms with van der Waals surface area (Å²) in [6, 6.07) is 0. The molecule has 0 spiro atoms. The number of fused-ring (bicyclic) bond motifs is 1. The van der Waals surface area contributed by atoms with Gasteiger partial charge in [0.2, 0.25) is 0 Å². The van der Waals surface area contributed by atoms with E-state index in [0.717, 1.165) is 24.8 Å². The van der Waals surface area contributed by atoms with Gasteiger partial charge in [0.15, 0.2) is 0 Å². The average molecular weight is 208 g/mol. The topological polar surface area (TPSA) is 38.9 Å². The van der Waals surface area contributed by atoms with Crippen LogP contribution in [0.4, 0.5) is 0 Å². The van der Waals surface area contributed by atoms with E-state index in [-0.39, 0.29) is 0 Å². The first-order valence-electron chi connectivity index (χ1n) is 5.58. The molecule has 2 aliphatic rings. The van der Waals surface area contributed by atoms with Crippen LogP contribution in [0.1, 0.15) is 53.1 Å². The molecule has 0 bridgehead atoms. The van der Waals surface area contributed by atoms with Crippen molar-refractivity contribution in [3.05, 3.63) is 15.6 Å². The minimum absolute atomic E-state index is 0.736. The molecule has 1 aromatic rings. The normalized spacial score (nSPS) is 25.4. The lowest BCUT2D eigenvalue weighted by molar-refractivity contribution is 0.632. The average Bonchev–Trinajstić information content (AvgIpc) is 2.84. The van der Waals surface area contributed by atoms with Crippen molar-refractivity contribution in [1.82, 2.24) is 4.98 Å². The molecule has 0 saturated heterocycles. The van der Waals surface area contributed by atoms with Crippen molar-refractivity contribution in [2.75, 3.05) is 6.54 Å². The van der Waals surface area contributed by atoms with Gasteiger partial charge in [-0.1, -0.05) is 0 Å². The lowest BCUT2D eigenvalue weighted by Crippen LogP contribution is -2.03. The Morgan fingerprint density at radius 3 is 2.93 bits per heavy atom. The molecule has 1 aromatic heterocycles. The van der Waals surface area contributed by atoms with E-state index in [2.05, 4.69) is 0 Å². The number of hydrogen-bond acceptors (Lipinski definition) is 3. The highest BCUT2D eigenvalue weighted by atomic mass is 32.1. The maximum Gasteiger partial charge on any atom is 0.0962 e. The van der Waals surface area contributed by atoms with Gasteiger partial charge in [-0.2, -0.15) is 0 Å². The Morgan fingerprint density at radius 2 is 2.21 bits per heavy atom. The van der Waals surface area contributed by atoms with Gasteiger partial charge in [0.25, 0.3) is 0 Å². The van der Waals surface area contributed by atoms with Crippen LogP contribution < -0.4 is 5.73 Å². The summed E-state index contributed by atoms with van der Waals surface area (Å²) in [5.41, 5.74) is 7.03. The van der Waals surface area contributed by atoms with Crippen LogP contribution in [0.3, 0.4) is 0 Å². The molecule has 0 radical (unpaired) electrons. The van der Waals surface area contributed by atoms with Gasteiger partial charge in [-0.25, -0.2) is 4.98 Å². The molecule has 0 aromatic carbocycles. The zero-order valence-corrected chi connectivity index (χ0v) is 9.15. The van der Waals surface area contributed by atoms with Gasteiger partial charge in [-0.3, -0.25) is 0 Å². The molecule has 2 aliphatic carbocycles.